The van der Waals surface area contributed by atoms with Crippen LogP contribution in [0.3, 0.4) is 0 Å². The lowest BCUT2D eigenvalue weighted by atomic mass is 10.4. The van der Waals surface area contributed by atoms with Gasteiger partial charge in [0.15, 0.2) is 19.7 Å². The van der Waals surface area contributed by atoms with Crippen LogP contribution in [0.15, 0.2) is 70.5 Å². The van der Waals surface area contributed by atoms with Crippen molar-refractivity contribution in [2.75, 3.05) is 5.75 Å². The Balaban J connectivity index is 0.000000300. The van der Waals surface area contributed by atoms with E-state index in [4.69, 9.17) is 34.8 Å². The van der Waals surface area contributed by atoms with E-state index in [9.17, 15) is 26.4 Å². The van der Waals surface area contributed by atoms with E-state index in [2.05, 4.69) is 15.9 Å². The first-order chi connectivity index (χ1) is 13.9. The minimum Gasteiger partial charge on any atom is -0.281 e. The zero-order valence-electron chi connectivity index (χ0n) is 15.1. The Hall–Kier alpha value is -0.970. The van der Waals surface area contributed by atoms with Gasteiger partial charge in [0, 0.05) is 6.42 Å². The van der Waals surface area contributed by atoms with Gasteiger partial charge in [0.2, 0.25) is 10.5 Å². The zero-order valence-corrected chi connectivity index (χ0v) is 20.6. The molecule has 0 aromatic heterocycles. The second kappa shape index (κ2) is 12.2. The molecule has 0 radical (unpaired) electrons. The number of alkyl halides is 2. The van der Waals surface area contributed by atoms with Crippen molar-refractivity contribution >= 4 is 80.9 Å². The molecule has 0 bridgehead atoms. The van der Waals surface area contributed by atoms with E-state index in [1.807, 2.05) is 0 Å². The highest BCUT2D eigenvalue weighted by atomic mass is 79.9. The van der Waals surface area contributed by atoms with Gasteiger partial charge in [0.25, 0.3) is 0 Å². The normalized spacial score (nSPS) is 13.5. The van der Waals surface area contributed by atoms with Crippen LogP contribution in [0, 0.1) is 0 Å². The van der Waals surface area contributed by atoms with E-state index in [0.29, 0.717) is 0 Å². The first kappa shape index (κ1) is 27.1. The van der Waals surface area contributed by atoms with Crippen LogP contribution in [0.2, 0.25) is 0 Å². The highest BCUT2D eigenvalue weighted by Gasteiger charge is 2.26. The molecule has 0 aliphatic heterocycles. The van der Waals surface area contributed by atoms with Crippen molar-refractivity contribution in [3.05, 3.63) is 60.7 Å². The molecule has 2 aromatic rings. The maximum atomic E-state index is 11.8. The molecule has 30 heavy (non-hydrogen) atoms. The minimum atomic E-state index is -3.54. The Kier molecular flexibility index (Phi) is 11.0. The first-order valence-electron chi connectivity index (χ1n) is 8.10. The fourth-order valence-corrected chi connectivity index (χ4v) is 6.52. The van der Waals surface area contributed by atoms with Crippen molar-refractivity contribution < 1.29 is 26.4 Å². The van der Waals surface area contributed by atoms with Gasteiger partial charge in [-0.1, -0.05) is 52.3 Å². The summed E-state index contributed by atoms with van der Waals surface area (Å²) in [5.41, 5.74) is 0. The molecule has 0 aliphatic carbocycles. The summed E-state index contributed by atoms with van der Waals surface area (Å²) in [6.45, 7) is 0. The number of sulfone groups is 2. The summed E-state index contributed by atoms with van der Waals surface area (Å²) in [6.07, 6.45) is -0.251. The molecule has 6 nitrogen and oxygen atoms in total. The lowest BCUT2D eigenvalue weighted by Crippen LogP contribution is -2.21. The molecule has 0 N–H and O–H groups in total. The maximum Gasteiger partial charge on any atom is 0.240 e. The van der Waals surface area contributed by atoms with Crippen molar-refractivity contribution in [3.8, 4) is 0 Å². The van der Waals surface area contributed by atoms with Gasteiger partial charge in [-0.3, -0.25) is 9.59 Å². The second-order valence-electron chi connectivity index (χ2n) is 5.69. The van der Waals surface area contributed by atoms with Crippen LogP contribution in [0.1, 0.15) is 6.42 Å². The SMILES string of the molecule is O=C(Cl)C(Cl)CS(=O)(=O)c1ccccc1.O=C(Cl)CC(Br)S(=O)(=O)c1ccccc1. The molecule has 0 amide bonds. The molecular weight excluding hydrogens is 563 g/mol. The molecule has 2 atom stereocenters. The van der Waals surface area contributed by atoms with E-state index in [1.54, 1.807) is 36.4 Å². The first-order valence-corrected chi connectivity index (χ1v) is 13.4. The Labute approximate surface area is 198 Å². The van der Waals surface area contributed by atoms with Gasteiger partial charge in [-0.2, -0.15) is 0 Å². The smallest absolute Gasteiger partial charge is 0.240 e. The van der Waals surface area contributed by atoms with Crippen LogP contribution < -0.4 is 0 Å². The van der Waals surface area contributed by atoms with Crippen molar-refractivity contribution in [1.82, 2.24) is 0 Å². The van der Waals surface area contributed by atoms with Crippen molar-refractivity contribution in [1.29, 1.82) is 0 Å². The van der Waals surface area contributed by atoms with E-state index >= 15 is 0 Å². The van der Waals surface area contributed by atoms with Gasteiger partial charge in [0.05, 0.1) is 15.5 Å². The summed E-state index contributed by atoms with van der Waals surface area (Å²) in [5, 5.41) is -2.76. The molecule has 0 aliphatic rings. The number of benzene rings is 2. The summed E-state index contributed by atoms with van der Waals surface area (Å²) in [4.78, 5) is 21.5. The predicted octanol–water partition coefficient (Wildman–Crippen LogP) is 4.17. The third-order valence-electron chi connectivity index (χ3n) is 3.44. The Morgan fingerprint density at radius 1 is 0.833 bits per heavy atom. The van der Waals surface area contributed by atoms with E-state index < -0.39 is 45.4 Å². The summed E-state index contributed by atoms with van der Waals surface area (Å²) in [5.74, 6) is -0.485. The summed E-state index contributed by atoms with van der Waals surface area (Å²) in [6, 6.07) is 15.7. The summed E-state index contributed by atoms with van der Waals surface area (Å²) in [7, 11) is -7.06. The molecule has 164 valence electrons. The molecular formula is C18H16BrCl3O6S2. The van der Waals surface area contributed by atoms with Crippen molar-refractivity contribution in [2.24, 2.45) is 0 Å². The molecule has 2 rings (SSSR count). The Morgan fingerprint density at radius 3 is 1.67 bits per heavy atom. The van der Waals surface area contributed by atoms with Crippen LogP contribution in [-0.4, -0.2) is 42.6 Å². The maximum absolute atomic E-state index is 11.8. The van der Waals surface area contributed by atoms with Gasteiger partial charge < -0.3 is 0 Å². The molecule has 0 fully saturated rings. The van der Waals surface area contributed by atoms with Gasteiger partial charge >= 0.3 is 0 Å². The number of carbonyl (C=O) groups is 2. The summed E-state index contributed by atoms with van der Waals surface area (Å²) >= 11 is 18.7. The number of halogens is 4. The van der Waals surface area contributed by atoms with E-state index in [1.165, 1.54) is 24.3 Å². The number of rotatable bonds is 8. The van der Waals surface area contributed by atoms with Gasteiger partial charge in [0.1, 0.15) is 9.54 Å². The molecule has 0 saturated heterocycles. The highest BCUT2D eigenvalue weighted by Crippen LogP contribution is 2.23. The lowest BCUT2D eigenvalue weighted by Gasteiger charge is -2.08. The molecule has 2 unspecified atom stereocenters. The molecule has 0 spiro atoms. The largest absolute Gasteiger partial charge is 0.281 e. The van der Waals surface area contributed by atoms with Crippen LogP contribution in [0.4, 0.5) is 0 Å². The van der Waals surface area contributed by atoms with Crippen LogP contribution in [0.5, 0.6) is 0 Å². The number of hydrogen-bond donors (Lipinski definition) is 0. The third-order valence-corrected chi connectivity index (χ3v) is 9.84. The molecule has 12 heteroatoms. The fraction of sp³-hybridized carbons (Fsp3) is 0.222. The number of hydrogen-bond acceptors (Lipinski definition) is 6. The van der Waals surface area contributed by atoms with Gasteiger partial charge in [-0.15, -0.1) is 11.6 Å². The van der Waals surface area contributed by atoms with Crippen LogP contribution >= 0.6 is 50.7 Å². The second-order valence-corrected chi connectivity index (χ2v) is 12.9. The quantitative estimate of drug-likeness (QED) is 0.344. The van der Waals surface area contributed by atoms with Crippen LogP contribution in [-0.2, 0) is 29.3 Å². The van der Waals surface area contributed by atoms with Crippen LogP contribution in [0.25, 0.3) is 0 Å². The van der Waals surface area contributed by atoms with E-state index in [-0.39, 0.29) is 16.2 Å². The van der Waals surface area contributed by atoms with Gasteiger partial charge in [-0.05, 0) is 47.5 Å². The highest BCUT2D eigenvalue weighted by molar-refractivity contribution is 9.11. The monoisotopic (exact) mass is 576 g/mol. The lowest BCUT2D eigenvalue weighted by molar-refractivity contribution is -0.112. The third kappa shape index (κ3) is 8.64. The Bertz CT molecular complexity index is 1060. The van der Waals surface area contributed by atoms with Crippen molar-refractivity contribution in [2.45, 2.75) is 25.7 Å². The van der Waals surface area contributed by atoms with Crippen molar-refractivity contribution in [3.63, 3.8) is 0 Å². The minimum absolute atomic E-state index is 0.133. The standard InChI is InChI=1S/C9H8BrClO3S.C9H8Cl2O3S/c10-8(6-9(11)12)15(13,14)7-4-2-1-3-5-7;10-8(9(11)12)6-15(13,14)7-4-2-1-3-5-7/h2*1-5,8H,6H2. The zero-order chi connectivity index (χ0) is 22.9. The average molecular weight is 579 g/mol. The topological polar surface area (TPSA) is 102 Å². The van der Waals surface area contributed by atoms with Gasteiger partial charge in [-0.25, -0.2) is 16.8 Å². The van der Waals surface area contributed by atoms with E-state index in [0.717, 1.165) is 0 Å². The average Bonchev–Trinajstić information content (AvgIpc) is 2.69. The molecule has 2 aromatic carbocycles. The number of carbonyl (C=O) groups excluding carboxylic acids is 2. The Morgan fingerprint density at radius 2 is 1.27 bits per heavy atom. The fourth-order valence-electron chi connectivity index (χ4n) is 1.98. The predicted molar refractivity (Wildman–Crippen MR) is 121 cm³/mol. The molecule has 0 saturated carbocycles. The molecule has 0 heterocycles. The summed E-state index contributed by atoms with van der Waals surface area (Å²) < 4.78 is 45.9.